The van der Waals surface area contributed by atoms with Crippen molar-refractivity contribution in [3.05, 3.63) is 48.3 Å². The van der Waals surface area contributed by atoms with Crippen LogP contribution in [0.15, 0.2) is 42.6 Å². The summed E-state index contributed by atoms with van der Waals surface area (Å²) in [5.41, 5.74) is 1.32. The van der Waals surface area contributed by atoms with Gasteiger partial charge in [-0.1, -0.05) is 12.1 Å². The SMILES string of the molecule is CC(C)(C)OC(=O)N1CCCC1C(=O)NCc1cc(-c2ccc(OC(F)(F)F)cc2)ccn1. The molecule has 0 spiro atoms. The zero-order valence-electron chi connectivity index (χ0n) is 18.6. The molecule has 10 heteroatoms. The number of alkyl halides is 3. The molecule has 1 aliphatic rings. The minimum absolute atomic E-state index is 0.139. The quantitative estimate of drug-likeness (QED) is 0.695. The number of aromatic nitrogens is 1. The molecule has 2 aromatic rings. The molecule has 2 amide bonds. The van der Waals surface area contributed by atoms with E-state index in [4.69, 9.17) is 4.74 Å². The molecular formula is C23H26F3N3O4. The summed E-state index contributed by atoms with van der Waals surface area (Å²) < 4.78 is 46.3. The molecule has 0 aliphatic carbocycles. The van der Waals surface area contributed by atoms with Crippen molar-refractivity contribution in [2.24, 2.45) is 0 Å². The van der Waals surface area contributed by atoms with Crippen LogP contribution in [-0.4, -0.2) is 46.4 Å². The molecule has 0 saturated carbocycles. The molecule has 1 fully saturated rings. The molecule has 1 aromatic heterocycles. The number of benzene rings is 1. The monoisotopic (exact) mass is 465 g/mol. The highest BCUT2D eigenvalue weighted by Crippen LogP contribution is 2.27. The van der Waals surface area contributed by atoms with Crippen LogP contribution in [0.25, 0.3) is 11.1 Å². The first kappa shape index (κ1) is 24.3. The van der Waals surface area contributed by atoms with Crippen LogP contribution in [0.4, 0.5) is 18.0 Å². The molecule has 0 bridgehead atoms. The van der Waals surface area contributed by atoms with Gasteiger partial charge in [-0.2, -0.15) is 0 Å². The van der Waals surface area contributed by atoms with Crippen LogP contribution in [0.3, 0.4) is 0 Å². The number of carbonyl (C=O) groups is 2. The molecule has 1 atom stereocenters. The third kappa shape index (κ3) is 7.10. The highest BCUT2D eigenvalue weighted by molar-refractivity contribution is 5.86. The highest BCUT2D eigenvalue weighted by Gasteiger charge is 2.36. The molecule has 2 heterocycles. The van der Waals surface area contributed by atoms with Crippen molar-refractivity contribution in [1.29, 1.82) is 0 Å². The molecule has 0 radical (unpaired) electrons. The number of nitrogens with one attached hydrogen (secondary N) is 1. The topological polar surface area (TPSA) is 80.8 Å². The van der Waals surface area contributed by atoms with Crippen molar-refractivity contribution in [3.8, 4) is 16.9 Å². The summed E-state index contributed by atoms with van der Waals surface area (Å²) in [6.45, 7) is 5.90. The van der Waals surface area contributed by atoms with Crippen molar-refractivity contribution >= 4 is 12.0 Å². The van der Waals surface area contributed by atoms with Gasteiger partial charge in [-0.15, -0.1) is 13.2 Å². The number of likely N-dealkylation sites (tertiary alicyclic amines) is 1. The fourth-order valence-corrected chi connectivity index (χ4v) is 3.48. The molecule has 178 valence electrons. The second kappa shape index (κ2) is 9.68. The van der Waals surface area contributed by atoms with E-state index in [1.807, 2.05) is 0 Å². The van der Waals surface area contributed by atoms with Gasteiger partial charge in [0.2, 0.25) is 5.91 Å². The lowest BCUT2D eigenvalue weighted by molar-refractivity contribution is -0.274. The Balaban J connectivity index is 1.61. The maximum Gasteiger partial charge on any atom is 0.573 e. The minimum atomic E-state index is -4.75. The van der Waals surface area contributed by atoms with Crippen LogP contribution in [0, 0.1) is 0 Å². The second-order valence-corrected chi connectivity index (χ2v) is 8.66. The van der Waals surface area contributed by atoms with E-state index >= 15 is 0 Å². The average Bonchev–Trinajstić information content (AvgIpc) is 3.21. The average molecular weight is 465 g/mol. The molecular weight excluding hydrogens is 439 g/mol. The van der Waals surface area contributed by atoms with Gasteiger partial charge in [0.05, 0.1) is 12.2 Å². The Morgan fingerprint density at radius 3 is 2.45 bits per heavy atom. The Morgan fingerprint density at radius 1 is 1.12 bits per heavy atom. The van der Waals surface area contributed by atoms with Gasteiger partial charge in [0.15, 0.2) is 0 Å². The summed E-state index contributed by atoms with van der Waals surface area (Å²) in [4.78, 5) is 30.8. The van der Waals surface area contributed by atoms with Crippen molar-refractivity contribution in [1.82, 2.24) is 15.2 Å². The van der Waals surface area contributed by atoms with Gasteiger partial charge in [-0.05, 0) is 69.0 Å². The second-order valence-electron chi connectivity index (χ2n) is 8.66. The molecule has 1 unspecified atom stereocenters. The fraction of sp³-hybridized carbons (Fsp3) is 0.435. The van der Waals surface area contributed by atoms with Crippen molar-refractivity contribution in [2.75, 3.05) is 6.54 Å². The lowest BCUT2D eigenvalue weighted by Crippen LogP contribution is -2.47. The van der Waals surface area contributed by atoms with Gasteiger partial charge in [0.25, 0.3) is 0 Å². The zero-order valence-corrected chi connectivity index (χ0v) is 18.6. The van der Waals surface area contributed by atoms with Crippen molar-refractivity contribution in [3.63, 3.8) is 0 Å². The predicted octanol–water partition coefficient (Wildman–Crippen LogP) is 4.66. The summed E-state index contributed by atoms with van der Waals surface area (Å²) in [6.07, 6.45) is -2.45. The van der Waals surface area contributed by atoms with Crippen LogP contribution in [0.2, 0.25) is 0 Å². The number of carbonyl (C=O) groups excluding carboxylic acids is 2. The normalized spacial score (nSPS) is 16.4. The van der Waals surface area contributed by atoms with E-state index in [9.17, 15) is 22.8 Å². The summed E-state index contributed by atoms with van der Waals surface area (Å²) >= 11 is 0. The van der Waals surface area contributed by atoms with E-state index in [0.29, 0.717) is 30.6 Å². The van der Waals surface area contributed by atoms with Gasteiger partial charge in [-0.25, -0.2) is 4.79 Å². The van der Waals surface area contributed by atoms with Crippen LogP contribution in [-0.2, 0) is 16.1 Å². The van der Waals surface area contributed by atoms with E-state index in [2.05, 4.69) is 15.0 Å². The molecule has 1 aromatic carbocycles. The number of ether oxygens (including phenoxy) is 2. The van der Waals surface area contributed by atoms with Crippen LogP contribution < -0.4 is 10.1 Å². The lowest BCUT2D eigenvalue weighted by Gasteiger charge is -2.28. The Hall–Kier alpha value is -3.30. The van der Waals surface area contributed by atoms with Gasteiger partial charge >= 0.3 is 12.5 Å². The Bertz CT molecular complexity index is 988. The minimum Gasteiger partial charge on any atom is -0.444 e. The largest absolute Gasteiger partial charge is 0.573 e. The van der Waals surface area contributed by atoms with E-state index in [-0.39, 0.29) is 18.2 Å². The number of nitrogens with zero attached hydrogens (tertiary/aromatic N) is 2. The van der Waals surface area contributed by atoms with Gasteiger partial charge in [-0.3, -0.25) is 14.7 Å². The highest BCUT2D eigenvalue weighted by atomic mass is 19.4. The molecule has 33 heavy (non-hydrogen) atoms. The smallest absolute Gasteiger partial charge is 0.444 e. The van der Waals surface area contributed by atoms with E-state index in [0.717, 1.165) is 5.56 Å². The molecule has 7 nitrogen and oxygen atoms in total. The van der Waals surface area contributed by atoms with Crippen LogP contribution in [0.5, 0.6) is 5.75 Å². The Kier molecular flexibility index (Phi) is 7.14. The summed E-state index contributed by atoms with van der Waals surface area (Å²) in [5, 5.41) is 2.81. The molecule has 1 N–H and O–H groups in total. The van der Waals surface area contributed by atoms with Gasteiger partial charge in [0, 0.05) is 12.7 Å². The van der Waals surface area contributed by atoms with Crippen molar-refractivity contribution in [2.45, 2.75) is 58.2 Å². The van der Waals surface area contributed by atoms with Gasteiger partial charge in [0.1, 0.15) is 17.4 Å². The first-order valence-corrected chi connectivity index (χ1v) is 10.5. The van der Waals surface area contributed by atoms with E-state index in [1.165, 1.54) is 29.2 Å². The summed E-state index contributed by atoms with van der Waals surface area (Å²) in [7, 11) is 0. The summed E-state index contributed by atoms with van der Waals surface area (Å²) in [6, 6.07) is 8.33. The standard InChI is InChI=1S/C23H26F3N3O4/c1-22(2,3)33-21(31)29-12-4-5-19(29)20(30)28-14-17-13-16(10-11-27-17)15-6-8-18(9-7-15)32-23(24,25)26/h6-11,13,19H,4-5,12,14H2,1-3H3,(H,28,30). The maximum absolute atomic E-state index is 12.7. The molecule has 1 aliphatic heterocycles. The van der Waals surface area contributed by atoms with Gasteiger partial charge < -0.3 is 14.8 Å². The Morgan fingerprint density at radius 2 is 1.82 bits per heavy atom. The summed E-state index contributed by atoms with van der Waals surface area (Å²) in [5.74, 6) is -0.599. The van der Waals surface area contributed by atoms with Crippen LogP contribution in [0.1, 0.15) is 39.3 Å². The lowest BCUT2D eigenvalue weighted by atomic mass is 10.1. The number of hydrogen-bond acceptors (Lipinski definition) is 5. The third-order valence-electron chi connectivity index (χ3n) is 4.86. The van der Waals surface area contributed by atoms with E-state index < -0.39 is 24.1 Å². The van der Waals surface area contributed by atoms with E-state index in [1.54, 1.807) is 39.1 Å². The maximum atomic E-state index is 12.7. The number of rotatable bonds is 5. The zero-order chi connectivity index (χ0) is 24.2. The predicted molar refractivity (Wildman–Crippen MR) is 114 cm³/mol. The number of amides is 2. The number of halogens is 3. The number of hydrogen-bond donors (Lipinski definition) is 1. The molecule has 3 rings (SSSR count). The number of pyridine rings is 1. The van der Waals surface area contributed by atoms with Crippen LogP contribution >= 0.6 is 0 Å². The van der Waals surface area contributed by atoms with Crippen molar-refractivity contribution < 1.29 is 32.2 Å². The molecule has 1 saturated heterocycles. The Labute approximate surface area is 189 Å². The first-order chi connectivity index (χ1) is 15.4. The third-order valence-corrected chi connectivity index (χ3v) is 4.86. The first-order valence-electron chi connectivity index (χ1n) is 10.5. The fourth-order valence-electron chi connectivity index (χ4n) is 3.48.